The molecule has 2 heterocycles. The number of amides is 1. The molecule has 2 fully saturated rings. The first kappa shape index (κ1) is 11.1. The van der Waals surface area contributed by atoms with Gasteiger partial charge >= 0.3 is 0 Å². The lowest BCUT2D eigenvalue weighted by Crippen LogP contribution is -2.44. The highest BCUT2D eigenvalue weighted by Gasteiger charge is 2.54. The molecule has 2 saturated heterocycles. The van der Waals surface area contributed by atoms with E-state index < -0.39 is 11.1 Å². The standard InChI is InChI=1S/C13H14ClNO2/c1-13(9-5-3-2-4-6-9)15-10(8-17-13)7-11(14)12(15)16/h2-6,10-11H,7-8H2,1H3/t10-,11+,13+/m0/s1. The number of halogens is 1. The minimum atomic E-state index is -0.660. The summed E-state index contributed by atoms with van der Waals surface area (Å²) in [7, 11) is 0. The van der Waals surface area contributed by atoms with Crippen molar-refractivity contribution < 1.29 is 9.53 Å². The number of hydrogen-bond acceptors (Lipinski definition) is 2. The third-order valence-corrected chi connectivity index (χ3v) is 4.04. The van der Waals surface area contributed by atoms with E-state index in [-0.39, 0.29) is 11.9 Å². The number of fused-ring (bicyclic) bond motifs is 1. The van der Waals surface area contributed by atoms with E-state index in [9.17, 15) is 4.79 Å². The Hall–Kier alpha value is -1.06. The minimum Gasteiger partial charge on any atom is -0.349 e. The third-order valence-electron chi connectivity index (χ3n) is 3.68. The van der Waals surface area contributed by atoms with Crippen molar-refractivity contribution in [3.05, 3.63) is 35.9 Å². The summed E-state index contributed by atoms with van der Waals surface area (Å²) in [6.45, 7) is 2.51. The zero-order valence-corrected chi connectivity index (χ0v) is 10.4. The fourth-order valence-corrected chi connectivity index (χ4v) is 3.09. The van der Waals surface area contributed by atoms with Gasteiger partial charge in [-0.05, 0) is 13.3 Å². The molecule has 3 atom stereocenters. The monoisotopic (exact) mass is 251 g/mol. The van der Waals surface area contributed by atoms with E-state index >= 15 is 0 Å². The van der Waals surface area contributed by atoms with E-state index in [0.717, 1.165) is 5.56 Å². The predicted molar refractivity (Wildman–Crippen MR) is 64.6 cm³/mol. The van der Waals surface area contributed by atoms with Gasteiger partial charge in [-0.3, -0.25) is 4.79 Å². The highest BCUT2D eigenvalue weighted by Crippen LogP contribution is 2.43. The maximum absolute atomic E-state index is 12.1. The van der Waals surface area contributed by atoms with E-state index in [4.69, 9.17) is 16.3 Å². The highest BCUT2D eigenvalue weighted by molar-refractivity contribution is 6.31. The summed E-state index contributed by atoms with van der Waals surface area (Å²) < 4.78 is 5.86. The molecule has 90 valence electrons. The summed E-state index contributed by atoms with van der Waals surface area (Å²) >= 11 is 6.03. The lowest BCUT2D eigenvalue weighted by Gasteiger charge is -2.33. The van der Waals surface area contributed by atoms with Crippen molar-refractivity contribution in [1.82, 2.24) is 4.90 Å². The summed E-state index contributed by atoms with van der Waals surface area (Å²) in [6.07, 6.45) is 0.683. The van der Waals surface area contributed by atoms with Crippen LogP contribution in [0.15, 0.2) is 30.3 Å². The van der Waals surface area contributed by atoms with Gasteiger partial charge in [0.05, 0.1) is 12.6 Å². The number of carbonyl (C=O) groups is 1. The van der Waals surface area contributed by atoms with Crippen LogP contribution in [0.3, 0.4) is 0 Å². The fourth-order valence-electron chi connectivity index (χ4n) is 2.78. The molecule has 0 saturated carbocycles. The average Bonchev–Trinajstić information content (AvgIpc) is 2.82. The van der Waals surface area contributed by atoms with Gasteiger partial charge in [0.2, 0.25) is 5.91 Å². The molecule has 2 aliphatic rings. The van der Waals surface area contributed by atoms with Gasteiger partial charge in [-0.2, -0.15) is 0 Å². The first-order valence-corrected chi connectivity index (χ1v) is 6.23. The van der Waals surface area contributed by atoms with Gasteiger partial charge in [-0.25, -0.2) is 0 Å². The van der Waals surface area contributed by atoms with Crippen LogP contribution >= 0.6 is 11.6 Å². The molecule has 4 heteroatoms. The van der Waals surface area contributed by atoms with Gasteiger partial charge < -0.3 is 9.64 Å². The lowest BCUT2D eigenvalue weighted by atomic mass is 10.0. The Morgan fingerprint density at radius 1 is 1.41 bits per heavy atom. The number of ether oxygens (including phenoxy) is 1. The Morgan fingerprint density at radius 2 is 2.12 bits per heavy atom. The Kier molecular flexibility index (Phi) is 2.42. The van der Waals surface area contributed by atoms with Crippen LogP contribution in [0.1, 0.15) is 18.9 Å². The molecule has 0 unspecified atom stereocenters. The molecular weight excluding hydrogens is 238 g/mol. The number of rotatable bonds is 1. The van der Waals surface area contributed by atoms with Crippen LogP contribution in [0.2, 0.25) is 0 Å². The smallest absolute Gasteiger partial charge is 0.243 e. The van der Waals surface area contributed by atoms with Crippen LogP contribution < -0.4 is 0 Å². The van der Waals surface area contributed by atoms with Crippen molar-refractivity contribution in [2.24, 2.45) is 0 Å². The summed E-state index contributed by atoms with van der Waals surface area (Å²) in [5, 5.41) is -0.396. The molecule has 1 amide bonds. The number of hydrogen-bond donors (Lipinski definition) is 0. The Morgan fingerprint density at radius 3 is 2.82 bits per heavy atom. The largest absolute Gasteiger partial charge is 0.349 e. The SMILES string of the molecule is C[C@]1(c2ccccc2)OC[C@@H]2C[C@@H](Cl)C(=O)N21. The fraction of sp³-hybridized carbons (Fsp3) is 0.462. The van der Waals surface area contributed by atoms with Crippen LogP contribution in [0, 0.1) is 0 Å². The normalized spacial score (nSPS) is 36.4. The molecular formula is C13H14ClNO2. The third kappa shape index (κ3) is 1.49. The molecule has 3 nitrogen and oxygen atoms in total. The first-order valence-electron chi connectivity index (χ1n) is 5.79. The van der Waals surface area contributed by atoms with Crippen molar-refractivity contribution in [2.45, 2.75) is 30.5 Å². The van der Waals surface area contributed by atoms with Crippen molar-refractivity contribution >= 4 is 17.5 Å². The minimum absolute atomic E-state index is 0.0134. The van der Waals surface area contributed by atoms with E-state index in [1.54, 1.807) is 4.90 Å². The maximum atomic E-state index is 12.1. The van der Waals surface area contributed by atoms with Gasteiger partial charge in [0.15, 0.2) is 5.72 Å². The van der Waals surface area contributed by atoms with Gasteiger partial charge in [-0.1, -0.05) is 30.3 Å². The molecule has 1 aromatic rings. The van der Waals surface area contributed by atoms with E-state index in [1.807, 2.05) is 37.3 Å². The van der Waals surface area contributed by atoms with E-state index in [0.29, 0.717) is 13.0 Å². The Balaban J connectivity index is 2.01. The molecule has 3 rings (SSSR count). The van der Waals surface area contributed by atoms with Crippen molar-refractivity contribution in [3.8, 4) is 0 Å². The van der Waals surface area contributed by atoms with Crippen LogP contribution in [0.25, 0.3) is 0 Å². The van der Waals surface area contributed by atoms with E-state index in [1.165, 1.54) is 0 Å². The zero-order valence-electron chi connectivity index (χ0n) is 9.60. The summed E-state index contributed by atoms with van der Waals surface area (Å²) in [6, 6.07) is 9.95. The van der Waals surface area contributed by atoms with Crippen LogP contribution in [0.4, 0.5) is 0 Å². The van der Waals surface area contributed by atoms with Crippen molar-refractivity contribution in [2.75, 3.05) is 6.61 Å². The van der Waals surface area contributed by atoms with Crippen molar-refractivity contribution in [3.63, 3.8) is 0 Å². The van der Waals surface area contributed by atoms with Gasteiger partial charge in [0.25, 0.3) is 0 Å². The topological polar surface area (TPSA) is 29.5 Å². The predicted octanol–water partition coefficient (Wildman–Crippen LogP) is 2.10. The second-order valence-corrected chi connectivity index (χ2v) is 5.25. The highest BCUT2D eigenvalue weighted by atomic mass is 35.5. The number of alkyl halides is 1. The molecule has 0 aromatic heterocycles. The van der Waals surface area contributed by atoms with Crippen LogP contribution in [-0.4, -0.2) is 28.8 Å². The van der Waals surface area contributed by atoms with Crippen molar-refractivity contribution in [1.29, 1.82) is 0 Å². The number of benzene rings is 1. The van der Waals surface area contributed by atoms with Gasteiger partial charge in [0, 0.05) is 5.56 Å². The number of nitrogens with zero attached hydrogens (tertiary/aromatic N) is 1. The lowest BCUT2D eigenvalue weighted by molar-refractivity contribution is -0.145. The van der Waals surface area contributed by atoms with Crippen LogP contribution in [0.5, 0.6) is 0 Å². The molecule has 0 radical (unpaired) electrons. The van der Waals surface area contributed by atoms with Gasteiger partial charge in [0.1, 0.15) is 5.38 Å². The molecule has 17 heavy (non-hydrogen) atoms. The molecule has 0 aliphatic carbocycles. The zero-order chi connectivity index (χ0) is 12.0. The molecule has 2 aliphatic heterocycles. The van der Waals surface area contributed by atoms with E-state index in [2.05, 4.69) is 0 Å². The Bertz CT molecular complexity index is 450. The second kappa shape index (κ2) is 3.72. The summed E-state index contributed by atoms with van der Waals surface area (Å²) in [5.41, 5.74) is 0.341. The first-order chi connectivity index (χ1) is 8.13. The molecule has 1 aromatic carbocycles. The maximum Gasteiger partial charge on any atom is 0.243 e. The molecule has 0 N–H and O–H groups in total. The number of carbonyl (C=O) groups excluding carboxylic acids is 1. The Labute approximate surface area is 105 Å². The summed E-state index contributed by atoms with van der Waals surface area (Å²) in [4.78, 5) is 13.9. The molecule has 0 bridgehead atoms. The average molecular weight is 252 g/mol. The summed E-state index contributed by atoms with van der Waals surface area (Å²) in [5.74, 6) is -0.0134. The van der Waals surface area contributed by atoms with Gasteiger partial charge in [-0.15, -0.1) is 11.6 Å². The van der Waals surface area contributed by atoms with Crippen LogP contribution in [-0.2, 0) is 15.3 Å². The molecule has 0 spiro atoms. The second-order valence-electron chi connectivity index (χ2n) is 4.73. The quantitative estimate of drug-likeness (QED) is 0.716.